The van der Waals surface area contributed by atoms with Gasteiger partial charge in [-0.2, -0.15) is 0 Å². The summed E-state index contributed by atoms with van der Waals surface area (Å²) in [5.74, 6) is -1.24. The molecular weight excluding hydrogens is 311 g/mol. The highest BCUT2D eigenvalue weighted by Gasteiger charge is 2.31. The fraction of sp³-hybridized carbons (Fsp3) is 0.111. The minimum absolute atomic E-state index is 0.0413. The van der Waals surface area contributed by atoms with Gasteiger partial charge in [-0.05, 0) is 25.1 Å². The maximum Gasteiger partial charge on any atom is 0.294 e. The molecule has 0 bridgehead atoms. The zero-order valence-electron chi connectivity index (χ0n) is 12.8. The van der Waals surface area contributed by atoms with E-state index in [-0.39, 0.29) is 23.8 Å². The summed E-state index contributed by atoms with van der Waals surface area (Å²) in [7, 11) is 0. The Morgan fingerprint density at radius 3 is 2.79 bits per heavy atom. The van der Waals surface area contributed by atoms with Crippen LogP contribution in [0.3, 0.4) is 0 Å². The average molecular weight is 324 g/mol. The molecule has 0 unspecified atom stereocenters. The molecule has 6 heteroatoms. The summed E-state index contributed by atoms with van der Waals surface area (Å²) < 4.78 is 19.4. The van der Waals surface area contributed by atoms with Crippen molar-refractivity contribution in [2.75, 3.05) is 16.8 Å². The van der Waals surface area contributed by atoms with Crippen molar-refractivity contribution in [3.8, 4) is 0 Å². The van der Waals surface area contributed by atoms with Gasteiger partial charge in [-0.3, -0.25) is 14.5 Å². The Morgan fingerprint density at radius 1 is 1.21 bits per heavy atom. The minimum Gasteiger partial charge on any atom is -0.448 e. The van der Waals surface area contributed by atoms with Gasteiger partial charge < -0.3 is 9.73 Å². The van der Waals surface area contributed by atoms with Crippen molar-refractivity contribution in [1.82, 2.24) is 0 Å². The van der Waals surface area contributed by atoms with Crippen molar-refractivity contribution in [3.63, 3.8) is 0 Å². The van der Waals surface area contributed by atoms with E-state index in [1.165, 1.54) is 11.0 Å². The van der Waals surface area contributed by atoms with Gasteiger partial charge in [0.15, 0.2) is 17.2 Å². The van der Waals surface area contributed by atoms with Crippen molar-refractivity contribution >= 4 is 34.2 Å². The second kappa shape index (κ2) is 5.19. The Hall–Kier alpha value is -3.15. The number of amides is 2. The molecule has 1 N–H and O–H groups in total. The fourth-order valence-corrected chi connectivity index (χ4v) is 2.95. The molecule has 24 heavy (non-hydrogen) atoms. The standard InChI is InChI=1S/C18H13FN2O3/c1-10-11-5-4-6-12(19)17(11)24-16(10)18(23)21-9-15(22)20-13-7-2-3-8-14(13)21/h2-8H,9H2,1H3,(H,20,22). The normalized spacial score (nSPS) is 13.8. The van der Waals surface area contributed by atoms with Gasteiger partial charge >= 0.3 is 0 Å². The van der Waals surface area contributed by atoms with Crippen LogP contribution in [0.1, 0.15) is 16.1 Å². The van der Waals surface area contributed by atoms with E-state index in [0.717, 1.165) is 0 Å². The molecule has 0 fully saturated rings. The van der Waals surface area contributed by atoms with Crippen LogP contribution >= 0.6 is 0 Å². The third kappa shape index (κ3) is 2.07. The van der Waals surface area contributed by atoms with Crippen LogP contribution in [0, 0.1) is 12.7 Å². The lowest BCUT2D eigenvalue weighted by molar-refractivity contribution is -0.115. The molecule has 5 nitrogen and oxygen atoms in total. The van der Waals surface area contributed by atoms with Crippen LogP contribution in [-0.4, -0.2) is 18.4 Å². The second-order valence-electron chi connectivity index (χ2n) is 5.63. The number of anilines is 2. The number of hydrogen-bond donors (Lipinski definition) is 1. The van der Waals surface area contributed by atoms with Crippen molar-refractivity contribution in [2.45, 2.75) is 6.92 Å². The molecule has 2 amide bonds. The number of rotatable bonds is 1. The van der Waals surface area contributed by atoms with Crippen molar-refractivity contribution < 1.29 is 18.4 Å². The smallest absolute Gasteiger partial charge is 0.294 e. The second-order valence-corrected chi connectivity index (χ2v) is 5.63. The number of furan rings is 1. The zero-order chi connectivity index (χ0) is 16.8. The summed E-state index contributed by atoms with van der Waals surface area (Å²) in [4.78, 5) is 26.2. The highest BCUT2D eigenvalue weighted by molar-refractivity contribution is 6.15. The van der Waals surface area contributed by atoms with E-state index in [0.29, 0.717) is 22.3 Å². The number of para-hydroxylation sites is 3. The van der Waals surface area contributed by atoms with E-state index in [1.54, 1.807) is 43.3 Å². The first kappa shape index (κ1) is 14.4. The lowest BCUT2D eigenvalue weighted by Gasteiger charge is -2.28. The molecule has 0 radical (unpaired) electrons. The molecular formula is C18H13FN2O3. The van der Waals surface area contributed by atoms with Gasteiger partial charge in [-0.25, -0.2) is 4.39 Å². The molecule has 4 rings (SSSR count). The summed E-state index contributed by atoms with van der Waals surface area (Å²) in [6, 6.07) is 11.6. The molecule has 1 aliphatic rings. The summed E-state index contributed by atoms with van der Waals surface area (Å²) in [6.07, 6.45) is 0. The van der Waals surface area contributed by atoms with E-state index in [9.17, 15) is 14.0 Å². The van der Waals surface area contributed by atoms with Crippen molar-refractivity contribution in [3.05, 3.63) is 59.6 Å². The highest BCUT2D eigenvalue weighted by atomic mass is 19.1. The number of nitrogens with one attached hydrogen (secondary N) is 1. The monoisotopic (exact) mass is 324 g/mol. The molecule has 0 spiro atoms. The Morgan fingerprint density at radius 2 is 2.00 bits per heavy atom. The first-order chi connectivity index (χ1) is 11.6. The molecule has 120 valence electrons. The van der Waals surface area contributed by atoms with Gasteiger partial charge in [0.05, 0.1) is 11.4 Å². The Balaban J connectivity index is 1.84. The number of halogens is 1. The molecule has 0 atom stereocenters. The van der Waals surface area contributed by atoms with Crippen LogP contribution in [0.4, 0.5) is 15.8 Å². The van der Waals surface area contributed by atoms with Gasteiger partial charge in [0.1, 0.15) is 6.54 Å². The maximum atomic E-state index is 13.9. The number of hydrogen-bond acceptors (Lipinski definition) is 3. The van der Waals surface area contributed by atoms with Crippen LogP contribution < -0.4 is 10.2 Å². The lowest BCUT2D eigenvalue weighted by atomic mass is 10.1. The van der Waals surface area contributed by atoms with E-state index < -0.39 is 11.7 Å². The predicted octanol–water partition coefficient (Wildman–Crippen LogP) is 3.48. The Kier molecular flexibility index (Phi) is 3.13. The van der Waals surface area contributed by atoms with Crippen molar-refractivity contribution in [1.29, 1.82) is 0 Å². The first-order valence-electron chi connectivity index (χ1n) is 7.44. The molecule has 0 saturated carbocycles. The SMILES string of the molecule is Cc1c(C(=O)N2CC(=O)Nc3ccccc32)oc2c(F)cccc12. The maximum absolute atomic E-state index is 13.9. The number of carbonyl (C=O) groups is 2. The molecule has 0 aliphatic carbocycles. The van der Waals surface area contributed by atoms with E-state index in [1.807, 2.05) is 0 Å². The van der Waals surface area contributed by atoms with Crippen LogP contribution in [0.2, 0.25) is 0 Å². The summed E-state index contributed by atoms with van der Waals surface area (Å²) in [5, 5.41) is 3.27. The molecule has 2 heterocycles. The van der Waals surface area contributed by atoms with E-state index in [4.69, 9.17) is 4.42 Å². The molecule has 3 aromatic rings. The molecule has 1 aromatic heterocycles. The Labute approximate surface area is 136 Å². The molecule has 1 aliphatic heterocycles. The van der Waals surface area contributed by atoms with Crippen molar-refractivity contribution in [2.24, 2.45) is 0 Å². The van der Waals surface area contributed by atoms with Gasteiger partial charge in [-0.1, -0.05) is 24.3 Å². The highest BCUT2D eigenvalue weighted by Crippen LogP contribution is 2.33. The van der Waals surface area contributed by atoms with Crippen LogP contribution in [-0.2, 0) is 4.79 Å². The number of nitrogens with zero attached hydrogens (tertiary/aromatic N) is 1. The average Bonchev–Trinajstić information content (AvgIpc) is 2.92. The van der Waals surface area contributed by atoms with Crippen LogP contribution in [0.5, 0.6) is 0 Å². The van der Waals surface area contributed by atoms with E-state index >= 15 is 0 Å². The quantitative estimate of drug-likeness (QED) is 0.745. The van der Waals surface area contributed by atoms with Gasteiger partial charge in [0.25, 0.3) is 5.91 Å². The third-order valence-corrected chi connectivity index (χ3v) is 4.13. The van der Waals surface area contributed by atoms with Gasteiger partial charge in [0, 0.05) is 10.9 Å². The third-order valence-electron chi connectivity index (χ3n) is 4.13. The largest absolute Gasteiger partial charge is 0.448 e. The predicted molar refractivity (Wildman–Crippen MR) is 87.7 cm³/mol. The van der Waals surface area contributed by atoms with Gasteiger partial charge in [-0.15, -0.1) is 0 Å². The molecule has 0 saturated heterocycles. The van der Waals surface area contributed by atoms with Crippen LogP contribution in [0.15, 0.2) is 46.9 Å². The number of fused-ring (bicyclic) bond motifs is 2. The minimum atomic E-state index is -0.522. The zero-order valence-corrected chi connectivity index (χ0v) is 12.8. The molecule has 2 aromatic carbocycles. The lowest BCUT2D eigenvalue weighted by Crippen LogP contribution is -2.42. The number of aryl methyl sites for hydroxylation is 1. The van der Waals surface area contributed by atoms with Crippen LogP contribution in [0.25, 0.3) is 11.0 Å². The fourth-order valence-electron chi connectivity index (χ4n) is 2.95. The Bertz CT molecular complexity index is 993. The van der Waals surface area contributed by atoms with E-state index in [2.05, 4.69) is 5.32 Å². The summed E-state index contributed by atoms with van der Waals surface area (Å²) in [5.41, 5.74) is 1.75. The van der Waals surface area contributed by atoms with Gasteiger partial charge in [0.2, 0.25) is 5.91 Å². The number of benzene rings is 2. The number of carbonyl (C=O) groups excluding carboxylic acids is 2. The summed E-state index contributed by atoms with van der Waals surface area (Å²) in [6.45, 7) is 1.59. The topological polar surface area (TPSA) is 62.6 Å². The first-order valence-corrected chi connectivity index (χ1v) is 7.44. The summed E-state index contributed by atoms with van der Waals surface area (Å²) >= 11 is 0.